The first kappa shape index (κ1) is 18.4. The first-order valence-electron chi connectivity index (χ1n) is 7.76. The van der Waals surface area contributed by atoms with E-state index >= 15 is 0 Å². The van der Waals surface area contributed by atoms with E-state index in [-0.39, 0.29) is 31.2 Å². The van der Waals surface area contributed by atoms with Crippen LogP contribution in [0.5, 0.6) is 0 Å². The molecule has 0 aliphatic heterocycles. The summed E-state index contributed by atoms with van der Waals surface area (Å²) in [6.07, 6.45) is 0.0212. The number of ether oxygens (including phenoxy) is 1. The number of halogens is 2. The Hall–Kier alpha value is -2.96. The summed E-state index contributed by atoms with van der Waals surface area (Å²) in [5.41, 5.74) is 0.640. The lowest BCUT2D eigenvalue weighted by Crippen LogP contribution is -2.17. The molecule has 2 aromatic rings. The van der Waals surface area contributed by atoms with Gasteiger partial charge in [0.2, 0.25) is 5.91 Å². The molecule has 0 aliphatic rings. The van der Waals surface area contributed by atoms with Crippen LogP contribution in [0.3, 0.4) is 0 Å². The van der Waals surface area contributed by atoms with Crippen molar-refractivity contribution in [3.63, 3.8) is 0 Å². The van der Waals surface area contributed by atoms with E-state index in [0.29, 0.717) is 11.3 Å². The van der Waals surface area contributed by atoms with Crippen LogP contribution in [0.4, 0.5) is 20.2 Å². The van der Waals surface area contributed by atoms with Gasteiger partial charge < -0.3 is 15.4 Å². The summed E-state index contributed by atoms with van der Waals surface area (Å²) in [5, 5.41) is 5.20. The maximum Gasteiger partial charge on any atom is 0.338 e. The van der Waals surface area contributed by atoms with Crippen LogP contribution >= 0.6 is 0 Å². The number of anilines is 2. The van der Waals surface area contributed by atoms with Crippen molar-refractivity contribution in [3.8, 4) is 0 Å². The molecule has 0 atom stereocenters. The number of carbonyl (C=O) groups is 2. The van der Waals surface area contributed by atoms with Crippen molar-refractivity contribution in [1.29, 1.82) is 0 Å². The highest BCUT2D eigenvalue weighted by atomic mass is 19.1. The lowest BCUT2D eigenvalue weighted by atomic mass is 10.2. The van der Waals surface area contributed by atoms with Crippen LogP contribution in [0.15, 0.2) is 42.5 Å². The number of para-hydroxylation sites is 1. The van der Waals surface area contributed by atoms with Crippen molar-refractivity contribution in [2.24, 2.45) is 0 Å². The Morgan fingerprint density at radius 2 is 1.68 bits per heavy atom. The number of rotatable bonds is 7. The normalized spacial score (nSPS) is 10.2. The zero-order valence-corrected chi connectivity index (χ0v) is 13.6. The van der Waals surface area contributed by atoms with Crippen LogP contribution in [0, 0.1) is 11.6 Å². The molecule has 5 nitrogen and oxygen atoms in total. The molecule has 2 aromatic carbocycles. The minimum Gasteiger partial charge on any atom is -0.462 e. The number of esters is 1. The third-order valence-electron chi connectivity index (χ3n) is 3.30. The molecule has 0 heterocycles. The highest BCUT2D eigenvalue weighted by molar-refractivity contribution is 5.93. The van der Waals surface area contributed by atoms with Gasteiger partial charge in [-0.1, -0.05) is 6.07 Å². The molecule has 2 rings (SSSR count). The lowest BCUT2D eigenvalue weighted by molar-refractivity contribution is -0.115. The maximum atomic E-state index is 13.4. The minimum absolute atomic E-state index is 0.0212. The first-order chi connectivity index (χ1) is 12.0. The third-order valence-corrected chi connectivity index (χ3v) is 3.30. The Morgan fingerprint density at radius 3 is 2.28 bits per heavy atom. The van der Waals surface area contributed by atoms with E-state index in [0.717, 1.165) is 12.1 Å². The molecular formula is C18H18F2N2O3. The van der Waals surface area contributed by atoms with E-state index < -0.39 is 17.6 Å². The average Bonchev–Trinajstić information content (AvgIpc) is 2.58. The largest absolute Gasteiger partial charge is 0.462 e. The van der Waals surface area contributed by atoms with E-state index in [2.05, 4.69) is 10.6 Å². The van der Waals surface area contributed by atoms with Crippen LogP contribution in [0.25, 0.3) is 0 Å². The minimum atomic E-state index is -0.713. The Morgan fingerprint density at radius 1 is 1.04 bits per heavy atom. The van der Waals surface area contributed by atoms with Crippen LogP contribution in [0.1, 0.15) is 23.7 Å². The number of amides is 1. The molecule has 132 valence electrons. The summed E-state index contributed by atoms with van der Waals surface area (Å²) in [6.45, 7) is 2.07. The number of nitrogens with one attached hydrogen (secondary N) is 2. The van der Waals surface area contributed by atoms with Gasteiger partial charge in [-0.25, -0.2) is 13.6 Å². The van der Waals surface area contributed by atoms with Gasteiger partial charge in [0.05, 0.1) is 12.2 Å². The standard InChI is InChI=1S/C18H18F2N2O3/c1-2-25-18(24)12-6-8-13(9-7-12)22-16(23)10-11-21-17-14(19)4-3-5-15(17)20/h3-9,21H,2,10-11H2,1H3,(H,22,23). The quantitative estimate of drug-likeness (QED) is 0.751. The molecule has 2 N–H and O–H groups in total. The third kappa shape index (κ3) is 5.27. The molecule has 0 saturated carbocycles. The van der Waals surface area contributed by atoms with Gasteiger partial charge in [0.15, 0.2) is 0 Å². The molecular weight excluding hydrogens is 330 g/mol. The fourth-order valence-corrected chi connectivity index (χ4v) is 2.10. The smallest absolute Gasteiger partial charge is 0.338 e. The molecule has 0 bridgehead atoms. The number of carbonyl (C=O) groups excluding carboxylic acids is 2. The fraction of sp³-hybridized carbons (Fsp3) is 0.222. The predicted octanol–water partition coefficient (Wildman–Crippen LogP) is 3.58. The van der Waals surface area contributed by atoms with Gasteiger partial charge in [0.25, 0.3) is 0 Å². The molecule has 0 spiro atoms. The average molecular weight is 348 g/mol. The Labute approximate surface area is 144 Å². The van der Waals surface area contributed by atoms with E-state index in [1.54, 1.807) is 31.2 Å². The van der Waals surface area contributed by atoms with Gasteiger partial charge in [0, 0.05) is 18.7 Å². The second-order valence-corrected chi connectivity index (χ2v) is 5.12. The SMILES string of the molecule is CCOC(=O)c1ccc(NC(=O)CCNc2c(F)cccc2F)cc1. The monoisotopic (exact) mass is 348 g/mol. The predicted molar refractivity (Wildman–Crippen MR) is 90.5 cm³/mol. The topological polar surface area (TPSA) is 67.4 Å². The molecule has 1 amide bonds. The molecule has 0 unspecified atom stereocenters. The summed E-state index contributed by atoms with van der Waals surface area (Å²) in [5.74, 6) is -2.19. The van der Waals surface area contributed by atoms with Gasteiger partial charge >= 0.3 is 5.97 Å². The number of benzene rings is 2. The van der Waals surface area contributed by atoms with Crippen LogP contribution in [0.2, 0.25) is 0 Å². The fourth-order valence-electron chi connectivity index (χ4n) is 2.10. The summed E-state index contributed by atoms with van der Waals surface area (Å²) >= 11 is 0. The van der Waals surface area contributed by atoms with Crippen molar-refractivity contribution < 1.29 is 23.1 Å². The zero-order valence-electron chi connectivity index (χ0n) is 13.6. The van der Waals surface area contributed by atoms with Gasteiger partial charge in [-0.2, -0.15) is 0 Å². The van der Waals surface area contributed by atoms with Crippen molar-refractivity contribution in [2.45, 2.75) is 13.3 Å². The zero-order chi connectivity index (χ0) is 18.2. The van der Waals surface area contributed by atoms with Gasteiger partial charge in [0.1, 0.15) is 17.3 Å². The van der Waals surface area contributed by atoms with Crippen molar-refractivity contribution in [2.75, 3.05) is 23.8 Å². The number of hydrogen-bond donors (Lipinski definition) is 2. The summed E-state index contributed by atoms with van der Waals surface area (Å²) in [4.78, 5) is 23.4. The lowest BCUT2D eigenvalue weighted by Gasteiger charge is -2.09. The van der Waals surface area contributed by atoms with Crippen LogP contribution < -0.4 is 10.6 Å². The van der Waals surface area contributed by atoms with Crippen molar-refractivity contribution in [3.05, 3.63) is 59.7 Å². The highest BCUT2D eigenvalue weighted by Gasteiger charge is 2.09. The molecule has 0 aliphatic carbocycles. The Bertz CT molecular complexity index is 728. The van der Waals surface area contributed by atoms with E-state index in [1.807, 2.05) is 0 Å². The van der Waals surface area contributed by atoms with E-state index in [4.69, 9.17) is 4.74 Å². The van der Waals surface area contributed by atoms with Crippen molar-refractivity contribution >= 4 is 23.3 Å². The molecule has 0 aromatic heterocycles. The molecule has 0 radical (unpaired) electrons. The van der Waals surface area contributed by atoms with Gasteiger partial charge in [-0.05, 0) is 43.3 Å². The summed E-state index contributed by atoms with van der Waals surface area (Å²) in [6, 6.07) is 9.78. The maximum absolute atomic E-state index is 13.4. The highest BCUT2D eigenvalue weighted by Crippen LogP contribution is 2.18. The summed E-state index contributed by atoms with van der Waals surface area (Å²) < 4.78 is 31.7. The molecule has 0 saturated heterocycles. The molecule has 0 fully saturated rings. The number of hydrogen-bond acceptors (Lipinski definition) is 4. The second kappa shape index (κ2) is 8.77. The van der Waals surface area contributed by atoms with Gasteiger partial charge in [-0.3, -0.25) is 4.79 Å². The summed E-state index contributed by atoms with van der Waals surface area (Å²) in [7, 11) is 0. The molecule has 25 heavy (non-hydrogen) atoms. The Kier molecular flexibility index (Phi) is 6.45. The van der Waals surface area contributed by atoms with Gasteiger partial charge in [-0.15, -0.1) is 0 Å². The first-order valence-corrected chi connectivity index (χ1v) is 7.76. The molecule has 7 heteroatoms. The van der Waals surface area contributed by atoms with E-state index in [1.165, 1.54) is 6.07 Å². The van der Waals surface area contributed by atoms with Crippen LogP contribution in [-0.4, -0.2) is 25.0 Å². The van der Waals surface area contributed by atoms with Crippen LogP contribution in [-0.2, 0) is 9.53 Å². The second-order valence-electron chi connectivity index (χ2n) is 5.12. The van der Waals surface area contributed by atoms with Crippen molar-refractivity contribution in [1.82, 2.24) is 0 Å². The Balaban J connectivity index is 1.83. The van der Waals surface area contributed by atoms with E-state index in [9.17, 15) is 18.4 Å².